The van der Waals surface area contributed by atoms with Crippen molar-refractivity contribution >= 4 is 34.4 Å². The summed E-state index contributed by atoms with van der Waals surface area (Å²) in [5, 5.41) is 20.0. The van der Waals surface area contributed by atoms with Crippen LogP contribution in [-0.4, -0.2) is 75.6 Å². The topological polar surface area (TPSA) is 132 Å². The predicted octanol–water partition coefficient (Wildman–Crippen LogP) is 3.10. The second-order valence-corrected chi connectivity index (χ2v) is 9.69. The number of amides is 1. The SMILES string of the molecule is CC(=O)NCCN(CCCCc1ccc2c(n1)NCCC2)CC[C@H](Nc1ncnc2ccccc12)C(=O)O. The van der Waals surface area contributed by atoms with Crippen LogP contribution in [0.4, 0.5) is 11.6 Å². The maximum absolute atomic E-state index is 12.1. The van der Waals surface area contributed by atoms with Gasteiger partial charge in [-0.1, -0.05) is 18.2 Å². The number of aromatic nitrogens is 3. The number of aliphatic carboxylic acids is 1. The lowest BCUT2D eigenvalue weighted by Crippen LogP contribution is -2.39. The summed E-state index contributed by atoms with van der Waals surface area (Å²) in [5.41, 5.74) is 3.14. The smallest absolute Gasteiger partial charge is 0.326 e. The standard InChI is InChI=1S/C28H37N7O3/c1-20(36)29-15-18-35(16-5-4-8-22-12-11-21-7-6-14-30-26(21)33-22)17-13-25(28(37)38)34-27-23-9-2-3-10-24(23)31-19-32-27/h2-3,9-12,19,25H,4-8,13-18H2,1H3,(H,29,36)(H,30,33)(H,37,38)(H,31,32,34)/t25-/m0/s1. The first-order valence-electron chi connectivity index (χ1n) is 13.4. The molecule has 4 N–H and O–H groups in total. The average Bonchev–Trinajstić information content (AvgIpc) is 2.92. The molecule has 1 aromatic carbocycles. The van der Waals surface area contributed by atoms with E-state index in [-0.39, 0.29) is 5.91 Å². The minimum Gasteiger partial charge on any atom is -0.480 e. The summed E-state index contributed by atoms with van der Waals surface area (Å²) in [6.07, 6.45) is 6.90. The molecule has 0 spiro atoms. The normalized spacial score (nSPS) is 13.5. The number of carboxylic acid groups (broad SMARTS) is 1. The fourth-order valence-electron chi connectivity index (χ4n) is 4.73. The largest absolute Gasteiger partial charge is 0.480 e. The number of pyridine rings is 1. The number of benzene rings is 1. The number of hydrogen-bond acceptors (Lipinski definition) is 8. The van der Waals surface area contributed by atoms with Gasteiger partial charge in [0.25, 0.3) is 0 Å². The molecule has 202 valence electrons. The highest BCUT2D eigenvalue weighted by Crippen LogP contribution is 2.21. The lowest BCUT2D eigenvalue weighted by Gasteiger charge is -2.25. The Hall–Kier alpha value is -3.79. The van der Waals surface area contributed by atoms with Crippen LogP contribution in [0.15, 0.2) is 42.7 Å². The van der Waals surface area contributed by atoms with E-state index in [0.29, 0.717) is 31.9 Å². The van der Waals surface area contributed by atoms with Gasteiger partial charge in [0.05, 0.1) is 5.52 Å². The number of unbranched alkanes of at least 4 members (excludes halogenated alkanes) is 1. The Morgan fingerprint density at radius 2 is 1.97 bits per heavy atom. The van der Waals surface area contributed by atoms with Crippen molar-refractivity contribution in [1.29, 1.82) is 0 Å². The molecule has 0 unspecified atom stereocenters. The Labute approximate surface area is 223 Å². The predicted molar refractivity (Wildman–Crippen MR) is 148 cm³/mol. The maximum Gasteiger partial charge on any atom is 0.326 e. The third-order valence-corrected chi connectivity index (χ3v) is 6.80. The summed E-state index contributed by atoms with van der Waals surface area (Å²) in [6.45, 7) is 5.05. The van der Waals surface area contributed by atoms with Crippen LogP contribution in [0.2, 0.25) is 0 Å². The summed E-state index contributed by atoms with van der Waals surface area (Å²) in [7, 11) is 0. The van der Waals surface area contributed by atoms with E-state index in [4.69, 9.17) is 4.98 Å². The molecule has 2 aromatic heterocycles. The molecular formula is C28H37N7O3. The molecule has 1 amide bonds. The van der Waals surface area contributed by atoms with E-state index in [1.165, 1.54) is 18.8 Å². The molecule has 0 aliphatic carbocycles. The first-order chi connectivity index (χ1) is 18.5. The van der Waals surface area contributed by atoms with E-state index >= 15 is 0 Å². The molecule has 3 aromatic rings. The van der Waals surface area contributed by atoms with Crippen LogP contribution >= 0.6 is 0 Å². The molecule has 1 aliphatic rings. The monoisotopic (exact) mass is 519 g/mol. The minimum absolute atomic E-state index is 0.0715. The second kappa shape index (κ2) is 13.7. The van der Waals surface area contributed by atoms with Gasteiger partial charge in [-0.2, -0.15) is 0 Å². The van der Waals surface area contributed by atoms with Gasteiger partial charge < -0.3 is 26.0 Å². The zero-order valence-electron chi connectivity index (χ0n) is 21.9. The van der Waals surface area contributed by atoms with Crippen molar-refractivity contribution in [3.05, 3.63) is 54.0 Å². The molecule has 1 aliphatic heterocycles. The van der Waals surface area contributed by atoms with E-state index in [2.05, 4.69) is 43.0 Å². The van der Waals surface area contributed by atoms with E-state index in [1.807, 2.05) is 24.3 Å². The van der Waals surface area contributed by atoms with Gasteiger partial charge in [0.15, 0.2) is 0 Å². The van der Waals surface area contributed by atoms with E-state index < -0.39 is 12.0 Å². The molecule has 38 heavy (non-hydrogen) atoms. The maximum atomic E-state index is 12.1. The van der Waals surface area contributed by atoms with Crippen molar-refractivity contribution < 1.29 is 14.7 Å². The number of rotatable bonds is 14. The molecule has 1 atom stereocenters. The third-order valence-electron chi connectivity index (χ3n) is 6.80. The summed E-state index contributed by atoms with van der Waals surface area (Å²) >= 11 is 0. The Balaban J connectivity index is 1.31. The van der Waals surface area contributed by atoms with Gasteiger partial charge in [0, 0.05) is 44.2 Å². The summed E-state index contributed by atoms with van der Waals surface area (Å²) in [4.78, 5) is 39.0. The summed E-state index contributed by atoms with van der Waals surface area (Å²) < 4.78 is 0. The molecule has 10 heteroatoms. The molecule has 0 fully saturated rings. The highest BCUT2D eigenvalue weighted by atomic mass is 16.4. The van der Waals surface area contributed by atoms with E-state index in [1.54, 1.807) is 0 Å². The first-order valence-corrected chi connectivity index (χ1v) is 13.4. The average molecular weight is 520 g/mol. The Bertz CT molecular complexity index is 1230. The van der Waals surface area contributed by atoms with Gasteiger partial charge >= 0.3 is 5.97 Å². The summed E-state index contributed by atoms with van der Waals surface area (Å²) in [6, 6.07) is 11.0. The molecule has 10 nitrogen and oxygen atoms in total. The Morgan fingerprint density at radius 3 is 2.82 bits per heavy atom. The number of carboxylic acids is 1. The van der Waals surface area contributed by atoms with Crippen LogP contribution < -0.4 is 16.0 Å². The van der Waals surface area contributed by atoms with Gasteiger partial charge in [-0.3, -0.25) is 4.79 Å². The number of nitrogens with one attached hydrogen (secondary N) is 3. The van der Waals surface area contributed by atoms with E-state index in [0.717, 1.165) is 67.6 Å². The minimum atomic E-state index is -0.929. The lowest BCUT2D eigenvalue weighted by molar-refractivity contribution is -0.138. The van der Waals surface area contributed by atoms with Crippen molar-refractivity contribution in [2.75, 3.05) is 43.4 Å². The molecule has 3 heterocycles. The van der Waals surface area contributed by atoms with Crippen LogP contribution in [0.25, 0.3) is 10.9 Å². The molecule has 0 saturated carbocycles. The zero-order chi connectivity index (χ0) is 26.7. The van der Waals surface area contributed by atoms with Gasteiger partial charge in [0.1, 0.15) is 24.0 Å². The lowest BCUT2D eigenvalue weighted by atomic mass is 10.1. The van der Waals surface area contributed by atoms with Crippen LogP contribution in [0.5, 0.6) is 0 Å². The number of carbonyl (C=O) groups is 2. The van der Waals surface area contributed by atoms with Crippen LogP contribution in [0.3, 0.4) is 0 Å². The molecular weight excluding hydrogens is 482 g/mol. The van der Waals surface area contributed by atoms with Crippen molar-refractivity contribution in [2.45, 2.75) is 51.5 Å². The van der Waals surface area contributed by atoms with Crippen LogP contribution in [0.1, 0.15) is 43.9 Å². The van der Waals surface area contributed by atoms with Gasteiger partial charge in [-0.25, -0.2) is 19.7 Å². The van der Waals surface area contributed by atoms with Crippen molar-refractivity contribution in [3.8, 4) is 0 Å². The fourth-order valence-corrected chi connectivity index (χ4v) is 4.73. The van der Waals surface area contributed by atoms with Crippen LogP contribution in [0, 0.1) is 0 Å². The number of anilines is 2. The molecule has 0 radical (unpaired) electrons. The molecule has 0 bridgehead atoms. The highest BCUT2D eigenvalue weighted by molar-refractivity contribution is 5.90. The first kappa shape index (κ1) is 27.3. The summed E-state index contributed by atoms with van der Waals surface area (Å²) in [5.74, 6) is 0.536. The quantitative estimate of drug-likeness (QED) is 0.237. The molecule has 0 saturated heterocycles. The number of fused-ring (bicyclic) bond motifs is 2. The van der Waals surface area contributed by atoms with Gasteiger partial charge in [0.2, 0.25) is 5.91 Å². The Kier molecular flexibility index (Phi) is 9.80. The number of para-hydroxylation sites is 1. The van der Waals surface area contributed by atoms with Gasteiger partial charge in [-0.15, -0.1) is 0 Å². The number of carbonyl (C=O) groups excluding carboxylic acids is 1. The third kappa shape index (κ3) is 7.85. The van der Waals surface area contributed by atoms with Crippen LogP contribution in [-0.2, 0) is 22.4 Å². The highest BCUT2D eigenvalue weighted by Gasteiger charge is 2.20. The Morgan fingerprint density at radius 1 is 1.11 bits per heavy atom. The number of aryl methyl sites for hydroxylation is 2. The van der Waals surface area contributed by atoms with Crippen molar-refractivity contribution in [1.82, 2.24) is 25.2 Å². The fraction of sp³-hybridized carbons (Fsp3) is 0.464. The second-order valence-electron chi connectivity index (χ2n) is 9.69. The molecule has 4 rings (SSSR count). The zero-order valence-corrected chi connectivity index (χ0v) is 21.9. The number of hydrogen-bond donors (Lipinski definition) is 4. The number of nitrogens with zero attached hydrogens (tertiary/aromatic N) is 4. The van der Waals surface area contributed by atoms with Crippen molar-refractivity contribution in [2.24, 2.45) is 0 Å². The van der Waals surface area contributed by atoms with Gasteiger partial charge in [-0.05, 0) is 68.8 Å². The van der Waals surface area contributed by atoms with E-state index in [9.17, 15) is 14.7 Å². The van der Waals surface area contributed by atoms with Crippen molar-refractivity contribution in [3.63, 3.8) is 0 Å².